The Labute approximate surface area is 140 Å². The van der Waals surface area contributed by atoms with E-state index in [0.29, 0.717) is 31.2 Å². The minimum absolute atomic E-state index is 0.115. The SMILES string of the molecule is O=C(c1sccc1Oc1ccc(F)cc1[N+](=O)[O-])N1CCOCC1. The molecule has 1 saturated heterocycles. The fraction of sp³-hybridized carbons (Fsp3) is 0.267. The Morgan fingerprint density at radius 3 is 2.75 bits per heavy atom. The summed E-state index contributed by atoms with van der Waals surface area (Å²) in [4.78, 5) is 24.8. The van der Waals surface area contributed by atoms with E-state index >= 15 is 0 Å². The number of benzene rings is 1. The molecule has 0 bridgehead atoms. The fourth-order valence-corrected chi connectivity index (χ4v) is 3.07. The Kier molecular flexibility index (Phi) is 4.72. The van der Waals surface area contributed by atoms with Crippen molar-refractivity contribution in [1.82, 2.24) is 4.90 Å². The second-order valence-electron chi connectivity index (χ2n) is 4.99. The van der Waals surface area contributed by atoms with E-state index in [9.17, 15) is 19.3 Å². The number of hydrogen-bond donors (Lipinski definition) is 0. The summed E-state index contributed by atoms with van der Waals surface area (Å²) < 4.78 is 24.0. The number of carbonyl (C=O) groups is 1. The molecule has 2 aromatic rings. The Morgan fingerprint density at radius 2 is 2.04 bits per heavy atom. The first-order valence-corrected chi connectivity index (χ1v) is 8.00. The van der Waals surface area contributed by atoms with Crippen LogP contribution in [0, 0.1) is 15.9 Å². The monoisotopic (exact) mass is 352 g/mol. The van der Waals surface area contributed by atoms with Crippen molar-refractivity contribution in [3.8, 4) is 11.5 Å². The van der Waals surface area contributed by atoms with Crippen LogP contribution < -0.4 is 4.74 Å². The van der Waals surface area contributed by atoms with E-state index in [1.54, 1.807) is 16.3 Å². The summed E-state index contributed by atoms with van der Waals surface area (Å²) in [5, 5.41) is 12.7. The topological polar surface area (TPSA) is 81.9 Å². The van der Waals surface area contributed by atoms with Crippen molar-refractivity contribution in [3.63, 3.8) is 0 Å². The molecule has 1 amide bonds. The maximum Gasteiger partial charge on any atom is 0.314 e. The lowest BCUT2D eigenvalue weighted by molar-refractivity contribution is -0.385. The molecule has 1 aromatic heterocycles. The third kappa shape index (κ3) is 3.36. The van der Waals surface area contributed by atoms with E-state index < -0.39 is 16.4 Å². The molecule has 0 spiro atoms. The van der Waals surface area contributed by atoms with Crippen LogP contribution in [0.3, 0.4) is 0 Å². The van der Waals surface area contributed by atoms with Crippen LogP contribution >= 0.6 is 11.3 Å². The minimum atomic E-state index is -0.732. The molecule has 9 heteroatoms. The standard InChI is InChI=1S/C15H13FN2O5S/c16-10-1-2-12(11(9-10)18(20)21)23-13-3-8-24-14(13)15(19)17-4-6-22-7-5-17/h1-3,8-9H,4-7H2. The third-order valence-corrected chi connectivity index (χ3v) is 4.34. The lowest BCUT2D eigenvalue weighted by Gasteiger charge is -2.26. The highest BCUT2D eigenvalue weighted by Crippen LogP contribution is 2.36. The van der Waals surface area contributed by atoms with Gasteiger partial charge in [-0.2, -0.15) is 0 Å². The summed E-state index contributed by atoms with van der Waals surface area (Å²) in [5.74, 6) is -0.848. The molecule has 0 radical (unpaired) electrons. The second-order valence-corrected chi connectivity index (χ2v) is 5.91. The molecule has 126 valence electrons. The quantitative estimate of drug-likeness (QED) is 0.624. The predicted octanol–water partition coefficient (Wildman–Crippen LogP) is 3.06. The Hall–Kier alpha value is -2.52. The van der Waals surface area contributed by atoms with Gasteiger partial charge in [-0.3, -0.25) is 14.9 Å². The zero-order valence-corrected chi connectivity index (χ0v) is 13.3. The van der Waals surface area contributed by atoms with Crippen LogP contribution in [0.25, 0.3) is 0 Å². The minimum Gasteiger partial charge on any atom is -0.448 e. The fourth-order valence-electron chi connectivity index (χ4n) is 2.28. The van der Waals surface area contributed by atoms with Gasteiger partial charge in [0.05, 0.1) is 24.2 Å². The summed E-state index contributed by atoms with van der Waals surface area (Å²) in [7, 11) is 0. The van der Waals surface area contributed by atoms with Crippen LogP contribution in [0.5, 0.6) is 11.5 Å². The van der Waals surface area contributed by atoms with Crippen molar-refractivity contribution in [3.05, 3.63) is 50.5 Å². The first kappa shape index (κ1) is 16.3. The zero-order valence-electron chi connectivity index (χ0n) is 12.4. The Bertz CT molecular complexity index is 773. The third-order valence-electron chi connectivity index (χ3n) is 3.46. The Balaban J connectivity index is 1.86. The number of morpholine rings is 1. The number of nitro benzene ring substituents is 1. The first-order valence-electron chi connectivity index (χ1n) is 7.12. The van der Waals surface area contributed by atoms with Crippen molar-refractivity contribution in [2.45, 2.75) is 0 Å². The molecule has 0 atom stereocenters. The van der Waals surface area contributed by atoms with E-state index in [1.807, 2.05) is 0 Å². The van der Waals surface area contributed by atoms with E-state index in [1.165, 1.54) is 17.4 Å². The molecular weight excluding hydrogens is 339 g/mol. The molecule has 7 nitrogen and oxygen atoms in total. The smallest absolute Gasteiger partial charge is 0.314 e. The normalized spacial score (nSPS) is 14.5. The molecule has 0 unspecified atom stereocenters. The highest BCUT2D eigenvalue weighted by Gasteiger charge is 2.25. The van der Waals surface area contributed by atoms with Crippen molar-refractivity contribution >= 4 is 22.9 Å². The molecular formula is C15H13FN2O5S. The number of ether oxygens (including phenoxy) is 2. The van der Waals surface area contributed by atoms with Gasteiger partial charge >= 0.3 is 5.69 Å². The van der Waals surface area contributed by atoms with Gasteiger partial charge in [0.25, 0.3) is 5.91 Å². The van der Waals surface area contributed by atoms with Gasteiger partial charge in [-0.05, 0) is 23.6 Å². The lowest BCUT2D eigenvalue weighted by Crippen LogP contribution is -2.40. The van der Waals surface area contributed by atoms with Crippen LogP contribution in [0.2, 0.25) is 0 Å². The summed E-state index contributed by atoms with van der Waals surface area (Å²) in [5.41, 5.74) is -0.494. The van der Waals surface area contributed by atoms with Crippen molar-refractivity contribution in [2.75, 3.05) is 26.3 Å². The van der Waals surface area contributed by atoms with Crippen LogP contribution in [-0.2, 0) is 4.74 Å². The average Bonchev–Trinajstić information content (AvgIpc) is 3.04. The second kappa shape index (κ2) is 6.93. The van der Waals surface area contributed by atoms with Crippen LogP contribution in [-0.4, -0.2) is 42.0 Å². The number of thiophene rings is 1. The van der Waals surface area contributed by atoms with Gasteiger partial charge in [0, 0.05) is 13.1 Å². The zero-order chi connectivity index (χ0) is 17.1. The number of halogens is 1. The molecule has 1 aliphatic heterocycles. The largest absolute Gasteiger partial charge is 0.448 e. The first-order chi connectivity index (χ1) is 11.6. The maximum absolute atomic E-state index is 13.2. The number of amides is 1. The number of rotatable bonds is 4. The van der Waals surface area contributed by atoms with E-state index in [2.05, 4.69) is 0 Å². The molecule has 0 aliphatic carbocycles. The van der Waals surface area contributed by atoms with Gasteiger partial charge in [0.15, 0.2) is 5.75 Å². The van der Waals surface area contributed by atoms with E-state index in [0.717, 1.165) is 12.1 Å². The van der Waals surface area contributed by atoms with Crippen LogP contribution in [0.15, 0.2) is 29.6 Å². The molecule has 0 saturated carbocycles. The van der Waals surface area contributed by atoms with E-state index in [-0.39, 0.29) is 17.4 Å². The molecule has 2 heterocycles. The molecule has 0 N–H and O–H groups in total. The van der Waals surface area contributed by atoms with Gasteiger partial charge < -0.3 is 14.4 Å². The summed E-state index contributed by atoms with van der Waals surface area (Å²) in [6.07, 6.45) is 0. The highest BCUT2D eigenvalue weighted by molar-refractivity contribution is 7.12. The number of hydrogen-bond acceptors (Lipinski definition) is 6. The van der Waals surface area contributed by atoms with Gasteiger partial charge in [0.1, 0.15) is 10.7 Å². The van der Waals surface area contributed by atoms with Crippen LogP contribution in [0.1, 0.15) is 9.67 Å². The van der Waals surface area contributed by atoms with Crippen LogP contribution in [0.4, 0.5) is 10.1 Å². The van der Waals surface area contributed by atoms with Gasteiger partial charge in [0.2, 0.25) is 5.75 Å². The summed E-state index contributed by atoms with van der Waals surface area (Å²) in [6, 6.07) is 4.59. The highest BCUT2D eigenvalue weighted by atomic mass is 32.1. The summed E-state index contributed by atoms with van der Waals surface area (Å²) in [6.45, 7) is 1.90. The molecule has 1 aromatic carbocycles. The predicted molar refractivity (Wildman–Crippen MR) is 84.2 cm³/mol. The molecule has 1 fully saturated rings. The summed E-state index contributed by atoms with van der Waals surface area (Å²) >= 11 is 1.19. The molecule has 3 rings (SSSR count). The van der Waals surface area contributed by atoms with Gasteiger partial charge in [-0.15, -0.1) is 11.3 Å². The van der Waals surface area contributed by atoms with E-state index in [4.69, 9.17) is 9.47 Å². The lowest BCUT2D eigenvalue weighted by atomic mass is 10.3. The maximum atomic E-state index is 13.2. The van der Waals surface area contributed by atoms with Gasteiger partial charge in [-0.25, -0.2) is 4.39 Å². The number of nitrogens with zero attached hydrogens (tertiary/aromatic N) is 2. The molecule has 1 aliphatic rings. The van der Waals surface area contributed by atoms with Crippen molar-refractivity contribution < 1.29 is 23.6 Å². The number of carbonyl (C=O) groups excluding carboxylic acids is 1. The molecule has 24 heavy (non-hydrogen) atoms. The van der Waals surface area contributed by atoms with Crippen molar-refractivity contribution in [1.29, 1.82) is 0 Å². The average molecular weight is 352 g/mol. The van der Waals surface area contributed by atoms with Gasteiger partial charge in [-0.1, -0.05) is 0 Å². The Morgan fingerprint density at radius 1 is 1.29 bits per heavy atom. The van der Waals surface area contributed by atoms with Crippen molar-refractivity contribution in [2.24, 2.45) is 0 Å². The number of nitro groups is 1.